The molecule has 0 aliphatic heterocycles. The number of nitro groups is 2. The summed E-state index contributed by atoms with van der Waals surface area (Å²) in [6.07, 6.45) is 0. The van der Waals surface area contributed by atoms with E-state index < -0.39 is 15.6 Å². The number of nitro benzene ring substituents is 2. The minimum atomic E-state index is -0.565. The molecule has 21 heavy (non-hydrogen) atoms. The van der Waals surface area contributed by atoms with Crippen molar-refractivity contribution < 1.29 is 14.6 Å². The number of benzene rings is 2. The van der Waals surface area contributed by atoms with Crippen LogP contribution in [0.1, 0.15) is 21.5 Å². The molecule has 0 saturated heterocycles. The lowest BCUT2D eigenvalue weighted by atomic mass is 10.0. The van der Waals surface area contributed by atoms with Crippen molar-refractivity contribution in [3.63, 3.8) is 0 Å². The molecular formula is C14H10N2O5. The number of hydrogen-bond donors (Lipinski definition) is 0. The van der Waals surface area contributed by atoms with Crippen molar-refractivity contribution in [3.8, 4) is 0 Å². The molecule has 0 spiro atoms. The van der Waals surface area contributed by atoms with Gasteiger partial charge >= 0.3 is 0 Å². The number of rotatable bonds is 4. The van der Waals surface area contributed by atoms with E-state index in [4.69, 9.17) is 0 Å². The normalized spacial score (nSPS) is 10.1. The molecule has 2 aromatic rings. The van der Waals surface area contributed by atoms with Crippen LogP contribution in [0.4, 0.5) is 11.4 Å². The van der Waals surface area contributed by atoms with Crippen LogP contribution in [0, 0.1) is 27.2 Å². The summed E-state index contributed by atoms with van der Waals surface area (Å²) >= 11 is 0. The van der Waals surface area contributed by atoms with Gasteiger partial charge < -0.3 is 0 Å². The predicted octanol–water partition coefficient (Wildman–Crippen LogP) is 3.04. The second kappa shape index (κ2) is 5.49. The molecule has 0 heterocycles. The number of carbonyl (C=O) groups excluding carboxylic acids is 1. The van der Waals surface area contributed by atoms with E-state index >= 15 is 0 Å². The minimum absolute atomic E-state index is 0.124. The molecule has 0 aliphatic rings. The molecule has 0 amide bonds. The number of nitrogens with zero attached hydrogens (tertiary/aromatic N) is 2. The maximum absolute atomic E-state index is 12.2. The fourth-order valence-corrected chi connectivity index (χ4v) is 1.85. The lowest BCUT2D eigenvalue weighted by Crippen LogP contribution is -2.03. The number of aryl methyl sites for hydroxylation is 1. The van der Waals surface area contributed by atoms with E-state index in [1.165, 1.54) is 42.5 Å². The lowest BCUT2D eigenvalue weighted by molar-refractivity contribution is -0.385. The number of non-ortho nitro benzene ring substituents is 1. The Kier molecular flexibility index (Phi) is 3.75. The number of carbonyl (C=O) groups is 1. The molecule has 0 radical (unpaired) electrons. The van der Waals surface area contributed by atoms with E-state index in [-0.39, 0.29) is 22.5 Å². The SMILES string of the molecule is Cc1ccc(C(=O)c2ccc([N+](=O)[O-])cc2)cc1[N+](=O)[O-]. The molecule has 0 atom stereocenters. The average molecular weight is 286 g/mol. The largest absolute Gasteiger partial charge is 0.289 e. The van der Waals surface area contributed by atoms with E-state index in [2.05, 4.69) is 0 Å². The Morgan fingerprint density at radius 1 is 0.905 bits per heavy atom. The molecule has 106 valence electrons. The van der Waals surface area contributed by atoms with Crippen molar-refractivity contribution in [2.24, 2.45) is 0 Å². The Morgan fingerprint density at radius 3 is 2.00 bits per heavy atom. The zero-order valence-electron chi connectivity index (χ0n) is 11.0. The number of hydrogen-bond acceptors (Lipinski definition) is 5. The summed E-state index contributed by atoms with van der Waals surface area (Å²) in [5, 5.41) is 21.4. The molecule has 7 heteroatoms. The van der Waals surface area contributed by atoms with Crippen LogP contribution in [-0.4, -0.2) is 15.6 Å². The Morgan fingerprint density at radius 2 is 1.48 bits per heavy atom. The van der Waals surface area contributed by atoms with Gasteiger partial charge in [-0.2, -0.15) is 0 Å². The second-order valence-electron chi connectivity index (χ2n) is 4.39. The third kappa shape index (κ3) is 2.92. The van der Waals surface area contributed by atoms with Crippen molar-refractivity contribution in [3.05, 3.63) is 79.4 Å². The van der Waals surface area contributed by atoms with Gasteiger partial charge in [0.25, 0.3) is 11.4 Å². The van der Waals surface area contributed by atoms with Crippen molar-refractivity contribution in [2.75, 3.05) is 0 Å². The Balaban J connectivity index is 2.38. The van der Waals surface area contributed by atoms with Crippen LogP contribution >= 0.6 is 0 Å². The highest BCUT2D eigenvalue weighted by molar-refractivity contribution is 6.09. The molecule has 0 aromatic heterocycles. The van der Waals surface area contributed by atoms with Crippen LogP contribution in [0.2, 0.25) is 0 Å². The summed E-state index contributed by atoms with van der Waals surface area (Å²) in [5.74, 6) is -0.423. The van der Waals surface area contributed by atoms with Crippen LogP contribution < -0.4 is 0 Å². The smallest absolute Gasteiger partial charge is 0.273 e. The van der Waals surface area contributed by atoms with Crippen molar-refractivity contribution in [2.45, 2.75) is 6.92 Å². The van der Waals surface area contributed by atoms with Gasteiger partial charge in [0.2, 0.25) is 0 Å². The molecule has 0 saturated carbocycles. The Hall–Kier alpha value is -3.09. The molecule has 0 fully saturated rings. The van der Waals surface area contributed by atoms with Gasteiger partial charge in [0.05, 0.1) is 9.85 Å². The minimum Gasteiger partial charge on any atom is -0.289 e. The van der Waals surface area contributed by atoms with Crippen LogP contribution in [0.5, 0.6) is 0 Å². The first-order valence-electron chi connectivity index (χ1n) is 5.94. The molecule has 0 bridgehead atoms. The van der Waals surface area contributed by atoms with E-state index in [9.17, 15) is 25.0 Å². The number of ketones is 1. The average Bonchev–Trinajstić information content (AvgIpc) is 2.46. The fourth-order valence-electron chi connectivity index (χ4n) is 1.85. The van der Waals surface area contributed by atoms with Gasteiger partial charge in [0.15, 0.2) is 5.78 Å². The van der Waals surface area contributed by atoms with E-state index in [0.717, 1.165) is 0 Å². The highest BCUT2D eigenvalue weighted by Crippen LogP contribution is 2.22. The summed E-state index contributed by atoms with van der Waals surface area (Å²) in [5.41, 5.74) is 0.601. The zero-order valence-corrected chi connectivity index (χ0v) is 11.0. The van der Waals surface area contributed by atoms with Crippen molar-refractivity contribution in [1.82, 2.24) is 0 Å². The maximum Gasteiger partial charge on any atom is 0.273 e. The highest BCUT2D eigenvalue weighted by Gasteiger charge is 2.17. The third-order valence-electron chi connectivity index (χ3n) is 3.01. The lowest BCUT2D eigenvalue weighted by Gasteiger charge is -2.03. The second-order valence-corrected chi connectivity index (χ2v) is 4.39. The van der Waals surface area contributed by atoms with Gasteiger partial charge in [-0.1, -0.05) is 12.1 Å². The molecule has 0 N–H and O–H groups in total. The van der Waals surface area contributed by atoms with Gasteiger partial charge in [-0.15, -0.1) is 0 Å². The molecular weight excluding hydrogens is 276 g/mol. The van der Waals surface area contributed by atoms with Gasteiger partial charge in [-0.05, 0) is 19.1 Å². The first-order valence-corrected chi connectivity index (χ1v) is 5.94. The predicted molar refractivity (Wildman–Crippen MR) is 74.4 cm³/mol. The van der Waals surface area contributed by atoms with E-state index in [0.29, 0.717) is 5.56 Å². The zero-order chi connectivity index (χ0) is 15.6. The highest BCUT2D eigenvalue weighted by atomic mass is 16.6. The summed E-state index contributed by atoms with van der Waals surface area (Å²) in [6, 6.07) is 9.28. The fraction of sp³-hybridized carbons (Fsp3) is 0.0714. The summed E-state index contributed by atoms with van der Waals surface area (Å²) < 4.78 is 0. The van der Waals surface area contributed by atoms with Crippen molar-refractivity contribution in [1.29, 1.82) is 0 Å². The molecule has 0 unspecified atom stereocenters. The van der Waals surface area contributed by atoms with E-state index in [1.807, 2.05) is 0 Å². The molecule has 2 aromatic carbocycles. The molecule has 2 rings (SSSR count). The van der Waals surface area contributed by atoms with Crippen LogP contribution in [-0.2, 0) is 0 Å². The third-order valence-corrected chi connectivity index (χ3v) is 3.01. The Labute approximate surface area is 119 Å². The standard InChI is InChI=1S/C14H10N2O5/c1-9-2-3-11(8-13(9)16(20)21)14(17)10-4-6-12(7-5-10)15(18)19/h2-8H,1H3. The van der Waals surface area contributed by atoms with Gasteiger partial charge in [0, 0.05) is 34.9 Å². The molecule has 0 aliphatic carbocycles. The van der Waals surface area contributed by atoms with Crippen molar-refractivity contribution >= 4 is 17.2 Å². The van der Waals surface area contributed by atoms with Crippen LogP contribution in [0.3, 0.4) is 0 Å². The molecule has 7 nitrogen and oxygen atoms in total. The van der Waals surface area contributed by atoms with Gasteiger partial charge in [-0.25, -0.2) is 0 Å². The van der Waals surface area contributed by atoms with Gasteiger partial charge in [-0.3, -0.25) is 25.0 Å². The summed E-state index contributed by atoms with van der Waals surface area (Å²) in [6.45, 7) is 1.58. The Bertz CT molecular complexity index is 738. The summed E-state index contributed by atoms with van der Waals surface area (Å²) in [7, 11) is 0. The van der Waals surface area contributed by atoms with Crippen LogP contribution in [0.25, 0.3) is 0 Å². The summed E-state index contributed by atoms with van der Waals surface area (Å²) in [4.78, 5) is 32.5. The first kappa shape index (κ1) is 14.3. The van der Waals surface area contributed by atoms with Crippen LogP contribution in [0.15, 0.2) is 42.5 Å². The topological polar surface area (TPSA) is 103 Å². The van der Waals surface area contributed by atoms with Gasteiger partial charge in [0.1, 0.15) is 0 Å². The quantitative estimate of drug-likeness (QED) is 0.488. The monoisotopic (exact) mass is 286 g/mol. The maximum atomic E-state index is 12.2. The first-order chi connectivity index (χ1) is 9.90. The van der Waals surface area contributed by atoms with E-state index in [1.54, 1.807) is 6.92 Å².